The van der Waals surface area contributed by atoms with Gasteiger partial charge in [0.2, 0.25) is 11.9 Å². The van der Waals surface area contributed by atoms with Crippen LogP contribution in [0.4, 0.5) is 11.8 Å². The standard InChI is InChI=1S/C18H25N5OS/c1-13-11-16(22(2)3)21-18(20-13)23-8-6-14(7-9-23)17(24)19-12-15-5-4-10-25-15/h4-5,10-11,14H,6-9,12H2,1-3H3,(H,19,24). The minimum Gasteiger partial charge on any atom is -0.363 e. The van der Waals surface area contributed by atoms with Gasteiger partial charge < -0.3 is 15.1 Å². The molecule has 0 aliphatic carbocycles. The Morgan fingerprint density at radius 1 is 1.36 bits per heavy atom. The summed E-state index contributed by atoms with van der Waals surface area (Å²) in [4.78, 5) is 26.9. The molecule has 0 unspecified atom stereocenters. The molecule has 2 aromatic rings. The van der Waals surface area contributed by atoms with Gasteiger partial charge in [0, 0.05) is 49.7 Å². The average Bonchev–Trinajstić information content (AvgIpc) is 3.13. The summed E-state index contributed by atoms with van der Waals surface area (Å²) in [5, 5.41) is 5.09. The second-order valence-corrected chi connectivity index (χ2v) is 7.65. The molecule has 1 amide bonds. The number of piperidine rings is 1. The number of hydrogen-bond acceptors (Lipinski definition) is 6. The van der Waals surface area contributed by atoms with Crippen molar-refractivity contribution in [1.29, 1.82) is 0 Å². The van der Waals surface area contributed by atoms with Gasteiger partial charge in [0.05, 0.1) is 6.54 Å². The van der Waals surface area contributed by atoms with E-state index in [-0.39, 0.29) is 11.8 Å². The molecule has 1 aliphatic rings. The Morgan fingerprint density at radius 2 is 2.12 bits per heavy atom. The van der Waals surface area contributed by atoms with Crippen LogP contribution in [0.15, 0.2) is 23.6 Å². The number of carbonyl (C=O) groups excluding carboxylic acids is 1. The maximum atomic E-state index is 12.4. The minimum absolute atomic E-state index is 0.0781. The molecular formula is C18H25N5OS. The molecule has 7 heteroatoms. The number of rotatable bonds is 5. The Labute approximate surface area is 152 Å². The monoisotopic (exact) mass is 359 g/mol. The first-order valence-electron chi connectivity index (χ1n) is 8.61. The average molecular weight is 359 g/mol. The number of thiophene rings is 1. The summed E-state index contributed by atoms with van der Waals surface area (Å²) in [5.74, 6) is 1.92. The van der Waals surface area contributed by atoms with Crippen molar-refractivity contribution < 1.29 is 4.79 Å². The number of carbonyl (C=O) groups is 1. The highest BCUT2D eigenvalue weighted by atomic mass is 32.1. The van der Waals surface area contributed by atoms with Crippen molar-refractivity contribution >= 4 is 29.0 Å². The zero-order chi connectivity index (χ0) is 17.8. The van der Waals surface area contributed by atoms with Crippen molar-refractivity contribution in [2.75, 3.05) is 37.0 Å². The summed E-state index contributed by atoms with van der Waals surface area (Å²) in [5.41, 5.74) is 0.963. The van der Waals surface area contributed by atoms with Crippen molar-refractivity contribution in [3.63, 3.8) is 0 Å². The lowest BCUT2D eigenvalue weighted by molar-refractivity contribution is -0.125. The third-order valence-corrected chi connectivity index (χ3v) is 5.33. The van der Waals surface area contributed by atoms with E-state index in [1.54, 1.807) is 11.3 Å². The summed E-state index contributed by atoms with van der Waals surface area (Å²) >= 11 is 1.67. The molecule has 1 fully saturated rings. The largest absolute Gasteiger partial charge is 0.363 e. The number of nitrogens with zero attached hydrogens (tertiary/aromatic N) is 4. The molecule has 25 heavy (non-hydrogen) atoms. The fraction of sp³-hybridized carbons (Fsp3) is 0.500. The highest BCUT2D eigenvalue weighted by Crippen LogP contribution is 2.23. The lowest BCUT2D eigenvalue weighted by Gasteiger charge is -2.31. The summed E-state index contributed by atoms with van der Waals surface area (Å²) in [6.45, 7) is 4.24. The maximum absolute atomic E-state index is 12.4. The van der Waals surface area contributed by atoms with Crippen LogP contribution in [-0.2, 0) is 11.3 Å². The number of nitrogens with one attached hydrogen (secondary N) is 1. The molecular weight excluding hydrogens is 334 g/mol. The van der Waals surface area contributed by atoms with Crippen molar-refractivity contribution in [2.24, 2.45) is 5.92 Å². The summed E-state index contributed by atoms with van der Waals surface area (Å²) < 4.78 is 0. The van der Waals surface area contributed by atoms with Crippen LogP contribution in [-0.4, -0.2) is 43.1 Å². The predicted molar refractivity (Wildman–Crippen MR) is 102 cm³/mol. The van der Waals surface area contributed by atoms with Gasteiger partial charge in [-0.05, 0) is 31.2 Å². The maximum Gasteiger partial charge on any atom is 0.227 e. The third-order valence-electron chi connectivity index (χ3n) is 4.45. The quantitative estimate of drug-likeness (QED) is 0.888. The van der Waals surface area contributed by atoms with Crippen LogP contribution in [0.3, 0.4) is 0 Å². The minimum atomic E-state index is 0.0781. The molecule has 0 atom stereocenters. The molecule has 3 heterocycles. The summed E-state index contributed by atoms with van der Waals surface area (Å²) in [6.07, 6.45) is 1.68. The van der Waals surface area contributed by atoms with Crippen LogP contribution in [0.5, 0.6) is 0 Å². The van der Waals surface area contributed by atoms with E-state index in [4.69, 9.17) is 0 Å². The first kappa shape index (κ1) is 17.7. The van der Waals surface area contributed by atoms with Gasteiger partial charge in [0.15, 0.2) is 0 Å². The van der Waals surface area contributed by atoms with E-state index >= 15 is 0 Å². The highest BCUT2D eigenvalue weighted by Gasteiger charge is 2.26. The molecule has 0 saturated carbocycles. The molecule has 2 aromatic heterocycles. The van der Waals surface area contributed by atoms with E-state index in [1.165, 1.54) is 4.88 Å². The van der Waals surface area contributed by atoms with Crippen LogP contribution >= 0.6 is 11.3 Å². The molecule has 6 nitrogen and oxygen atoms in total. The molecule has 0 aromatic carbocycles. The van der Waals surface area contributed by atoms with E-state index in [9.17, 15) is 4.79 Å². The summed E-state index contributed by atoms with van der Waals surface area (Å²) in [7, 11) is 3.96. The number of aryl methyl sites for hydroxylation is 1. The van der Waals surface area contributed by atoms with Crippen molar-refractivity contribution in [1.82, 2.24) is 15.3 Å². The molecule has 0 radical (unpaired) electrons. The van der Waals surface area contributed by atoms with Gasteiger partial charge in [-0.15, -0.1) is 11.3 Å². The van der Waals surface area contributed by atoms with Crippen LogP contribution < -0.4 is 15.1 Å². The number of aromatic nitrogens is 2. The van der Waals surface area contributed by atoms with Crippen molar-refractivity contribution in [2.45, 2.75) is 26.3 Å². The van der Waals surface area contributed by atoms with Gasteiger partial charge in [-0.3, -0.25) is 4.79 Å². The normalized spacial score (nSPS) is 15.2. The lowest BCUT2D eigenvalue weighted by Crippen LogP contribution is -2.41. The Morgan fingerprint density at radius 3 is 2.76 bits per heavy atom. The highest BCUT2D eigenvalue weighted by molar-refractivity contribution is 7.09. The van der Waals surface area contributed by atoms with Gasteiger partial charge in [-0.25, -0.2) is 4.98 Å². The van der Waals surface area contributed by atoms with Crippen LogP contribution in [0.1, 0.15) is 23.4 Å². The second kappa shape index (κ2) is 7.82. The van der Waals surface area contributed by atoms with E-state index in [1.807, 2.05) is 49.5 Å². The first-order chi connectivity index (χ1) is 12.0. The fourth-order valence-electron chi connectivity index (χ4n) is 2.98. The van der Waals surface area contributed by atoms with Gasteiger partial charge >= 0.3 is 0 Å². The van der Waals surface area contributed by atoms with E-state index < -0.39 is 0 Å². The predicted octanol–water partition coefficient (Wildman–Crippen LogP) is 2.45. The lowest BCUT2D eigenvalue weighted by atomic mass is 9.96. The number of hydrogen-bond donors (Lipinski definition) is 1. The van der Waals surface area contributed by atoms with Crippen molar-refractivity contribution in [3.8, 4) is 0 Å². The molecule has 0 bridgehead atoms. The Bertz CT molecular complexity index is 708. The zero-order valence-corrected chi connectivity index (χ0v) is 15.8. The van der Waals surface area contributed by atoms with Crippen LogP contribution in [0.25, 0.3) is 0 Å². The van der Waals surface area contributed by atoms with Crippen LogP contribution in [0.2, 0.25) is 0 Å². The smallest absolute Gasteiger partial charge is 0.227 e. The van der Waals surface area contributed by atoms with E-state index in [2.05, 4.69) is 20.2 Å². The molecule has 1 saturated heterocycles. The van der Waals surface area contributed by atoms with Gasteiger partial charge in [-0.2, -0.15) is 4.98 Å². The second-order valence-electron chi connectivity index (χ2n) is 6.62. The Hall–Kier alpha value is -2.15. The Balaban J connectivity index is 1.55. The van der Waals surface area contributed by atoms with Crippen LogP contribution in [0, 0.1) is 12.8 Å². The van der Waals surface area contributed by atoms with E-state index in [0.29, 0.717) is 6.54 Å². The summed E-state index contributed by atoms with van der Waals surface area (Å²) in [6, 6.07) is 6.04. The molecule has 134 valence electrons. The SMILES string of the molecule is Cc1cc(N(C)C)nc(N2CCC(C(=O)NCc3cccs3)CC2)n1. The number of amides is 1. The molecule has 0 spiro atoms. The first-order valence-corrected chi connectivity index (χ1v) is 9.49. The third kappa shape index (κ3) is 4.48. The molecule has 1 aliphatic heterocycles. The molecule has 1 N–H and O–H groups in total. The van der Waals surface area contributed by atoms with Crippen molar-refractivity contribution in [3.05, 3.63) is 34.2 Å². The molecule has 3 rings (SSSR count). The zero-order valence-electron chi connectivity index (χ0n) is 15.0. The number of anilines is 2. The van der Waals surface area contributed by atoms with Gasteiger partial charge in [-0.1, -0.05) is 6.07 Å². The Kier molecular flexibility index (Phi) is 5.53. The van der Waals surface area contributed by atoms with Gasteiger partial charge in [0.25, 0.3) is 0 Å². The topological polar surface area (TPSA) is 61.4 Å². The van der Waals surface area contributed by atoms with Gasteiger partial charge in [0.1, 0.15) is 5.82 Å². The fourth-order valence-corrected chi connectivity index (χ4v) is 3.63. The van der Waals surface area contributed by atoms with E-state index in [0.717, 1.165) is 43.4 Å².